The third-order valence-corrected chi connectivity index (χ3v) is 7.44. The van der Waals surface area contributed by atoms with Gasteiger partial charge in [0.2, 0.25) is 0 Å². The summed E-state index contributed by atoms with van der Waals surface area (Å²) in [6.45, 7) is 7.61. The third kappa shape index (κ3) is 3.42. The Bertz CT molecular complexity index is 2650. The Kier molecular flexibility index (Phi) is 3.39. The van der Waals surface area contributed by atoms with Crippen molar-refractivity contribution in [2.45, 2.75) is 33.9 Å². The quantitative estimate of drug-likeness (QED) is 0.137. The number of para-hydroxylation sites is 2. The summed E-state index contributed by atoms with van der Waals surface area (Å²) in [5, 5.41) is -1.18. The van der Waals surface area contributed by atoms with Crippen LogP contribution in [0.2, 0.25) is 0 Å². The summed E-state index contributed by atoms with van der Waals surface area (Å²) < 4.78 is 118. The van der Waals surface area contributed by atoms with Gasteiger partial charge in [-0.1, -0.05) is 105 Å². The second kappa shape index (κ2) is 9.26. The predicted molar refractivity (Wildman–Crippen MR) is 158 cm³/mol. The van der Waals surface area contributed by atoms with Crippen LogP contribution >= 0.6 is 0 Å². The monoisotopic (exact) mass is 592 g/mol. The first kappa shape index (κ1) is 13.9. The first-order valence-corrected chi connectivity index (χ1v) is 12.0. The molecule has 38 heavy (non-hydrogen) atoms. The molecule has 2 nitrogen and oxygen atoms in total. The van der Waals surface area contributed by atoms with Gasteiger partial charge in [-0.15, -0.1) is 5.56 Å². The fourth-order valence-electron chi connectivity index (χ4n) is 5.40. The van der Waals surface area contributed by atoms with Crippen LogP contribution in [-0.4, -0.2) is 4.57 Å². The normalized spacial score (nSPS) is 19.1. The molecule has 2 heterocycles. The number of hydrogen-bond donors (Lipinski definition) is 0. The van der Waals surface area contributed by atoms with E-state index in [2.05, 4.69) is 6.07 Å². The molecule has 6 aromatic rings. The SMILES string of the molecule is [2H]c1cc2c3c([2H])c([2H])c([2H])c([2H])c3c3c([2H])c([2H])c([2H])c([2H])c3c3c([2H])c([2H])cc4c3n(c2c([2H])c1[2H])[C@H](C)N4c1c[c-]c(C)c(C)c1C.[Ru+]. The molecular weight excluding hydrogens is 549 g/mol. The van der Waals surface area contributed by atoms with Crippen molar-refractivity contribution >= 4 is 54.7 Å². The zero-order valence-electron chi connectivity index (χ0n) is 34.1. The van der Waals surface area contributed by atoms with Gasteiger partial charge in [-0.2, -0.15) is 23.3 Å². The molecule has 0 N–H and O–H groups in total. The van der Waals surface area contributed by atoms with Gasteiger partial charge in [0.05, 0.1) is 40.7 Å². The van der Waals surface area contributed by atoms with Crippen molar-refractivity contribution in [3.8, 4) is 0 Å². The van der Waals surface area contributed by atoms with Crippen LogP contribution in [0.5, 0.6) is 0 Å². The van der Waals surface area contributed by atoms with E-state index in [1.165, 1.54) is 12.1 Å². The smallest absolute Gasteiger partial charge is 0.374 e. The van der Waals surface area contributed by atoms with Crippen LogP contribution < -0.4 is 4.90 Å². The van der Waals surface area contributed by atoms with Gasteiger partial charge >= 0.3 is 19.5 Å². The summed E-state index contributed by atoms with van der Waals surface area (Å²) in [6.07, 6.45) is -0.783. The molecule has 1 aliphatic heterocycles. The summed E-state index contributed by atoms with van der Waals surface area (Å²) in [5.74, 6) is 0. The minimum Gasteiger partial charge on any atom is -0.374 e. The summed E-state index contributed by atoms with van der Waals surface area (Å²) >= 11 is 0. The Balaban J connectivity index is 0.00000448. The molecule has 0 unspecified atom stereocenters. The van der Waals surface area contributed by atoms with E-state index in [-0.39, 0.29) is 68.9 Å². The molecule has 1 radical (unpaired) electrons. The van der Waals surface area contributed by atoms with Crippen LogP contribution in [0.15, 0.2) is 96.8 Å². The first-order valence-electron chi connectivity index (χ1n) is 18.5. The second-order valence-electron chi connectivity index (χ2n) is 9.24. The maximum Gasteiger partial charge on any atom is 1.00 e. The van der Waals surface area contributed by atoms with Crippen molar-refractivity contribution < 1.29 is 37.3 Å². The van der Waals surface area contributed by atoms with Crippen LogP contribution in [0.3, 0.4) is 0 Å². The van der Waals surface area contributed by atoms with Crippen LogP contribution in [0.4, 0.5) is 11.4 Å². The average Bonchev–Trinajstić information content (AvgIpc) is 3.37. The standard InChI is InChI=1S/C35H29N2.Ru/c1-22-20-21-32(24(3)23(22)2)36-25(4)37-33-18-10-9-16-30(33)28-14-7-5-12-26(28)27-13-6-8-15-29(27)31-17-11-19-34(36)35(31)37;/h5-19,21,25H,1-4H3;/q-1;+1/t25-;/m1./s1/i5D,6D,7D,8D,9D,10D,11D,12D,13D,14D,15D,17D,18D;. The summed E-state index contributed by atoms with van der Waals surface area (Å²) in [4.78, 5) is 1.88. The number of aromatic nitrogens is 1. The van der Waals surface area contributed by atoms with E-state index in [1.807, 2.05) is 25.7 Å². The third-order valence-electron chi connectivity index (χ3n) is 7.44. The average molecular weight is 592 g/mol. The van der Waals surface area contributed by atoms with Crippen molar-refractivity contribution in [2.75, 3.05) is 4.90 Å². The number of aryl methyl sites for hydroxylation is 1. The molecule has 1 aliphatic rings. The topological polar surface area (TPSA) is 8.17 Å². The van der Waals surface area contributed by atoms with Gasteiger partial charge in [0.1, 0.15) is 0 Å². The molecule has 0 spiro atoms. The van der Waals surface area contributed by atoms with Gasteiger partial charge in [0.15, 0.2) is 0 Å². The molecule has 7 rings (SSSR count). The van der Waals surface area contributed by atoms with E-state index < -0.39 is 78.7 Å². The van der Waals surface area contributed by atoms with E-state index in [4.69, 9.17) is 13.7 Å². The molecular formula is C35H29N2Ru. The molecule has 3 heteroatoms. The Morgan fingerprint density at radius 2 is 1.24 bits per heavy atom. The van der Waals surface area contributed by atoms with Gasteiger partial charge in [0.25, 0.3) is 0 Å². The predicted octanol–water partition coefficient (Wildman–Crippen LogP) is 9.62. The van der Waals surface area contributed by atoms with E-state index in [9.17, 15) is 4.11 Å². The zero-order chi connectivity index (χ0) is 36.6. The minimum absolute atomic E-state index is 0. The second-order valence-corrected chi connectivity index (χ2v) is 9.24. The molecule has 0 amide bonds. The number of nitrogens with zero attached hydrogens (tertiary/aromatic N) is 2. The van der Waals surface area contributed by atoms with E-state index >= 15 is 0 Å². The molecule has 0 fully saturated rings. The molecule has 1 aromatic heterocycles. The van der Waals surface area contributed by atoms with E-state index in [1.54, 1.807) is 17.6 Å². The fourth-order valence-corrected chi connectivity index (χ4v) is 5.40. The van der Waals surface area contributed by atoms with Gasteiger partial charge < -0.3 is 9.47 Å². The molecule has 187 valence electrons. The van der Waals surface area contributed by atoms with Gasteiger partial charge in [-0.05, 0) is 40.6 Å². The minimum atomic E-state index is -0.783. The maximum absolute atomic E-state index is 9.30. The fraction of sp³-hybridized carbons (Fsp3) is 0.143. The molecule has 0 aliphatic carbocycles. The van der Waals surface area contributed by atoms with Crippen molar-refractivity contribution in [2.24, 2.45) is 0 Å². The summed E-state index contributed by atoms with van der Waals surface area (Å²) in [5.41, 5.74) is 3.98. The van der Waals surface area contributed by atoms with Gasteiger partial charge in [-0.25, -0.2) is 0 Å². The molecule has 0 saturated carbocycles. The number of hydrogen-bond acceptors (Lipinski definition) is 1. The molecule has 1 atom stereocenters. The number of anilines is 2. The number of benzene rings is 5. The largest absolute Gasteiger partial charge is 1.00 e. The van der Waals surface area contributed by atoms with Crippen molar-refractivity contribution in [3.05, 3.63) is 120 Å². The molecule has 5 aromatic carbocycles. The number of fused-ring (bicyclic) bond motifs is 7. The Morgan fingerprint density at radius 3 is 1.92 bits per heavy atom. The van der Waals surface area contributed by atoms with Crippen LogP contribution in [-0.2, 0) is 19.5 Å². The van der Waals surface area contributed by atoms with Crippen LogP contribution in [0, 0.1) is 26.8 Å². The van der Waals surface area contributed by atoms with Crippen molar-refractivity contribution in [1.82, 2.24) is 4.57 Å². The van der Waals surface area contributed by atoms with Gasteiger partial charge in [0, 0.05) is 10.8 Å². The van der Waals surface area contributed by atoms with Crippen molar-refractivity contribution in [3.63, 3.8) is 0 Å². The summed E-state index contributed by atoms with van der Waals surface area (Å²) in [7, 11) is 0. The zero-order valence-corrected chi connectivity index (χ0v) is 22.8. The van der Waals surface area contributed by atoms with E-state index in [0.29, 0.717) is 11.4 Å². The first-order chi connectivity index (χ1) is 23.4. The Hall–Kier alpha value is -3.68. The Labute approximate surface area is 254 Å². The molecule has 0 saturated heterocycles. The Morgan fingerprint density at radius 1 is 0.658 bits per heavy atom. The molecule has 0 bridgehead atoms. The maximum atomic E-state index is 9.30. The van der Waals surface area contributed by atoms with Crippen LogP contribution in [0.1, 0.15) is 47.6 Å². The van der Waals surface area contributed by atoms with Gasteiger partial charge in [-0.3, -0.25) is 0 Å². The van der Waals surface area contributed by atoms with E-state index in [0.717, 1.165) is 16.7 Å². The van der Waals surface area contributed by atoms with Crippen molar-refractivity contribution in [1.29, 1.82) is 0 Å². The van der Waals surface area contributed by atoms with Crippen LogP contribution in [0.25, 0.3) is 43.4 Å². The number of rotatable bonds is 1. The summed E-state index contributed by atoms with van der Waals surface area (Å²) in [6, 6.07) is 0.790.